The van der Waals surface area contributed by atoms with Crippen LogP contribution in [0.2, 0.25) is 0 Å². The van der Waals surface area contributed by atoms with Crippen molar-refractivity contribution < 1.29 is 18.3 Å². The molecule has 188 valence electrons. The molecule has 10 heteroatoms. The maximum atomic E-state index is 13.0. The van der Waals surface area contributed by atoms with Crippen molar-refractivity contribution in [1.29, 1.82) is 0 Å². The molecule has 0 aromatic carbocycles. The summed E-state index contributed by atoms with van der Waals surface area (Å²) in [4.78, 5) is 20.5. The zero-order valence-corrected chi connectivity index (χ0v) is 21.7. The summed E-state index contributed by atoms with van der Waals surface area (Å²) in [6.45, 7) is 5.07. The quantitative estimate of drug-likeness (QED) is 0.404. The van der Waals surface area contributed by atoms with Gasteiger partial charge in [0.25, 0.3) is 11.1 Å². The van der Waals surface area contributed by atoms with Gasteiger partial charge in [-0.3, -0.25) is 9.69 Å². The number of carbonyl (C=O) groups is 1. The highest BCUT2D eigenvalue weighted by atomic mass is 32.1. The van der Waals surface area contributed by atoms with Crippen molar-refractivity contribution in [2.24, 2.45) is 11.8 Å². The smallest absolute Gasteiger partial charge is 0.278 e. The number of rotatable bonds is 11. The third-order valence-corrected chi connectivity index (χ3v) is 8.87. The van der Waals surface area contributed by atoms with Gasteiger partial charge in [-0.2, -0.15) is 0 Å². The molecule has 2 aliphatic rings. The highest BCUT2D eigenvalue weighted by Crippen LogP contribution is 2.34. The van der Waals surface area contributed by atoms with Crippen LogP contribution in [0.15, 0.2) is 0 Å². The van der Waals surface area contributed by atoms with E-state index in [1.54, 1.807) is 11.3 Å². The van der Waals surface area contributed by atoms with Crippen LogP contribution >= 0.6 is 22.7 Å². The molecule has 1 saturated carbocycles. The van der Waals surface area contributed by atoms with Gasteiger partial charge in [0.15, 0.2) is 6.61 Å². The van der Waals surface area contributed by atoms with E-state index in [1.165, 1.54) is 24.2 Å². The Kier molecular flexibility index (Phi) is 8.63. The molecule has 0 amide bonds. The summed E-state index contributed by atoms with van der Waals surface area (Å²) in [6, 6.07) is 0. The molecule has 2 aromatic rings. The molecule has 1 aliphatic heterocycles. The molecule has 3 heterocycles. The first-order valence-electron chi connectivity index (χ1n) is 12.3. The second-order valence-corrected chi connectivity index (χ2v) is 12.0. The van der Waals surface area contributed by atoms with E-state index in [0.29, 0.717) is 35.7 Å². The summed E-state index contributed by atoms with van der Waals surface area (Å²) in [6.07, 6.45) is 8.68. The fourth-order valence-electron chi connectivity index (χ4n) is 4.83. The van der Waals surface area contributed by atoms with Gasteiger partial charge in [-0.05, 0) is 50.5 Å². The molecule has 1 aliphatic carbocycles. The third-order valence-electron chi connectivity index (χ3n) is 6.73. The number of fused-ring (bicyclic) bond motifs is 1. The van der Waals surface area contributed by atoms with Crippen molar-refractivity contribution in [1.82, 2.24) is 20.1 Å². The Morgan fingerprint density at radius 2 is 1.88 bits per heavy atom. The fourth-order valence-corrected chi connectivity index (χ4v) is 6.54. The number of aromatic nitrogens is 3. The van der Waals surface area contributed by atoms with Gasteiger partial charge in [0.1, 0.15) is 15.8 Å². The van der Waals surface area contributed by atoms with E-state index in [4.69, 9.17) is 4.74 Å². The zero-order chi connectivity index (χ0) is 24.1. The van der Waals surface area contributed by atoms with Crippen LogP contribution in [0, 0.1) is 11.8 Å². The number of carbonyl (C=O) groups excluding carboxylic acids is 1. The van der Waals surface area contributed by atoms with Gasteiger partial charge in [-0.1, -0.05) is 31.1 Å². The number of thiazole rings is 1. The number of hydrogen-bond donors (Lipinski definition) is 0. The minimum Gasteiger partial charge on any atom is -0.464 e. The minimum atomic E-state index is -2.85. The van der Waals surface area contributed by atoms with Crippen LogP contribution in [0.1, 0.15) is 73.0 Å². The Balaban J connectivity index is 1.14. The molecule has 0 radical (unpaired) electrons. The van der Waals surface area contributed by atoms with Gasteiger partial charge in [-0.25, -0.2) is 13.8 Å². The molecule has 6 nitrogen and oxygen atoms in total. The molecule has 0 N–H and O–H groups in total. The van der Waals surface area contributed by atoms with Crippen molar-refractivity contribution in [2.45, 2.75) is 84.1 Å². The van der Waals surface area contributed by atoms with Crippen molar-refractivity contribution in [3.05, 3.63) is 20.6 Å². The van der Waals surface area contributed by atoms with E-state index in [1.807, 2.05) is 0 Å². The third kappa shape index (κ3) is 7.49. The molecule has 1 fully saturated rings. The number of ketones is 1. The number of nitrogens with zero attached hydrogens (tertiary/aromatic N) is 4. The molecule has 0 spiro atoms. The monoisotopic (exact) mass is 512 g/mol. The first-order chi connectivity index (χ1) is 16.3. The average Bonchev–Trinajstić information content (AvgIpc) is 3.42. The van der Waals surface area contributed by atoms with Gasteiger partial charge in [-0.15, -0.1) is 21.5 Å². The van der Waals surface area contributed by atoms with Gasteiger partial charge in [0.2, 0.25) is 0 Å². The van der Waals surface area contributed by atoms with Crippen LogP contribution in [0.5, 0.6) is 5.19 Å². The lowest BCUT2D eigenvalue weighted by molar-refractivity contribution is -0.119. The summed E-state index contributed by atoms with van der Waals surface area (Å²) in [7, 11) is 0. The molecule has 34 heavy (non-hydrogen) atoms. The predicted octanol–water partition coefficient (Wildman–Crippen LogP) is 5.35. The van der Waals surface area contributed by atoms with Crippen molar-refractivity contribution >= 4 is 28.5 Å². The molecule has 0 saturated heterocycles. The number of ether oxygens (including phenoxy) is 1. The summed E-state index contributed by atoms with van der Waals surface area (Å²) in [5.74, 6) is -1.34. The molecule has 0 bridgehead atoms. The van der Waals surface area contributed by atoms with Crippen molar-refractivity contribution in [3.63, 3.8) is 0 Å². The van der Waals surface area contributed by atoms with Crippen LogP contribution in [0.25, 0.3) is 0 Å². The molecule has 2 aromatic heterocycles. The van der Waals surface area contributed by atoms with E-state index in [0.717, 1.165) is 79.2 Å². The summed E-state index contributed by atoms with van der Waals surface area (Å²) in [5.41, 5.74) is 0.981. The highest BCUT2D eigenvalue weighted by molar-refractivity contribution is 7.13. The topological polar surface area (TPSA) is 68.2 Å². The predicted molar refractivity (Wildman–Crippen MR) is 130 cm³/mol. The Hall–Kier alpha value is -1.52. The summed E-state index contributed by atoms with van der Waals surface area (Å²) < 4.78 is 31.3. The first-order valence-corrected chi connectivity index (χ1v) is 13.9. The minimum absolute atomic E-state index is 0.292. The molecule has 4 rings (SSSR count). The van der Waals surface area contributed by atoms with Crippen LogP contribution in [0.3, 0.4) is 0 Å². The number of aryl methyl sites for hydroxylation is 1. The number of halogens is 2. The molecular weight excluding hydrogens is 478 g/mol. The van der Waals surface area contributed by atoms with Gasteiger partial charge in [0.05, 0.1) is 12.1 Å². The standard InChI is InChI=1S/C24H34F2N4O2S2/c1-3-21-28-29-22(34-21)13-18(31)12-17-6-4-16(5-7-17)8-10-30-11-9-20-19(14-30)27-23(33-20)32-15-24(2,25)26/h16-17H,3-15H2,1-2H3. The maximum Gasteiger partial charge on any atom is 0.278 e. The van der Waals surface area contributed by atoms with Gasteiger partial charge in [0, 0.05) is 31.3 Å². The second kappa shape index (κ2) is 11.5. The van der Waals surface area contributed by atoms with E-state index >= 15 is 0 Å². The van der Waals surface area contributed by atoms with Crippen LogP contribution in [-0.2, 0) is 30.6 Å². The van der Waals surface area contributed by atoms with Gasteiger partial charge >= 0.3 is 0 Å². The largest absolute Gasteiger partial charge is 0.464 e. The molecule has 0 unspecified atom stereocenters. The first kappa shape index (κ1) is 25.6. The summed E-state index contributed by atoms with van der Waals surface area (Å²) in [5, 5.41) is 10.5. The van der Waals surface area contributed by atoms with E-state index in [2.05, 4.69) is 27.0 Å². The highest BCUT2D eigenvalue weighted by Gasteiger charge is 2.27. The Labute approximate surface area is 208 Å². The van der Waals surface area contributed by atoms with Crippen LogP contribution in [0.4, 0.5) is 8.78 Å². The summed E-state index contributed by atoms with van der Waals surface area (Å²) >= 11 is 2.96. The van der Waals surface area contributed by atoms with Crippen molar-refractivity contribution in [3.8, 4) is 5.19 Å². The SMILES string of the molecule is CCc1nnc(CC(=O)CC2CCC(CCN3CCc4sc(OCC(C)(F)F)nc4C3)CC2)s1. The molecule has 0 atom stereocenters. The lowest BCUT2D eigenvalue weighted by Crippen LogP contribution is -2.32. The normalized spacial score (nSPS) is 21.4. The van der Waals surface area contributed by atoms with Gasteiger partial charge < -0.3 is 4.74 Å². The number of alkyl halides is 2. The van der Waals surface area contributed by atoms with Crippen LogP contribution < -0.4 is 4.74 Å². The average molecular weight is 513 g/mol. The fraction of sp³-hybridized carbons (Fsp3) is 0.750. The maximum absolute atomic E-state index is 13.0. The Morgan fingerprint density at radius 1 is 1.15 bits per heavy atom. The Morgan fingerprint density at radius 3 is 2.59 bits per heavy atom. The van der Waals surface area contributed by atoms with Crippen LogP contribution in [-0.4, -0.2) is 51.5 Å². The second-order valence-electron chi connectivity index (χ2n) is 9.77. The van der Waals surface area contributed by atoms with E-state index < -0.39 is 12.5 Å². The van der Waals surface area contributed by atoms with E-state index in [9.17, 15) is 13.6 Å². The van der Waals surface area contributed by atoms with Crippen molar-refractivity contribution in [2.75, 3.05) is 19.7 Å². The lowest BCUT2D eigenvalue weighted by Gasteiger charge is -2.31. The molecular formula is C24H34F2N4O2S2. The Bertz CT molecular complexity index is 951. The van der Waals surface area contributed by atoms with E-state index in [-0.39, 0.29) is 0 Å². The zero-order valence-electron chi connectivity index (χ0n) is 20.0. The lowest BCUT2D eigenvalue weighted by atomic mass is 9.78. The number of Topliss-reactive ketones (excluding diaryl/α,β-unsaturated/α-hetero) is 1. The number of hydrogen-bond acceptors (Lipinski definition) is 8.